The van der Waals surface area contributed by atoms with Gasteiger partial charge in [0.15, 0.2) is 0 Å². The van der Waals surface area contributed by atoms with Gasteiger partial charge in [-0.05, 0) is 42.8 Å². The molecule has 2 rings (SSSR count). The first-order chi connectivity index (χ1) is 11.8. The topological polar surface area (TPSA) is 93.1 Å². The number of aliphatic carboxylic acids is 1. The van der Waals surface area contributed by atoms with Crippen molar-refractivity contribution in [2.75, 3.05) is 25.1 Å². The molecule has 7 nitrogen and oxygen atoms in total. The Morgan fingerprint density at radius 1 is 1.12 bits per heavy atom. The molecule has 0 amide bonds. The maximum atomic E-state index is 13.0. The first kappa shape index (κ1) is 18.6. The standard InChI is InChI=1S/C17H19NO6S/c1-12-9-15(7-8-16(12)24-3)25(21,22)18(11-17(19)20)13-5-4-6-14(10-13)23-2/h4-10H,11H2,1-3H3,(H,19,20). The summed E-state index contributed by atoms with van der Waals surface area (Å²) in [6, 6.07) is 10.6. The molecule has 25 heavy (non-hydrogen) atoms. The van der Waals surface area contributed by atoms with Crippen molar-refractivity contribution in [1.29, 1.82) is 0 Å². The number of ether oxygens (including phenoxy) is 2. The Bertz CT molecular complexity index is 878. The molecule has 1 N–H and O–H groups in total. The van der Waals surface area contributed by atoms with Crippen LogP contribution in [0.25, 0.3) is 0 Å². The van der Waals surface area contributed by atoms with E-state index in [0.29, 0.717) is 17.1 Å². The van der Waals surface area contributed by atoms with Gasteiger partial charge in [0.05, 0.1) is 24.8 Å². The van der Waals surface area contributed by atoms with Gasteiger partial charge in [0.2, 0.25) is 0 Å². The number of carboxylic acids is 1. The number of nitrogens with zero attached hydrogens (tertiary/aromatic N) is 1. The van der Waals surface area contributed by atoms with Gasteiger partial charge in [-0.15, -0.1) is 0 Å². The number of sulfonamides is 1. The third-order valence-corrected chi connectivity index (χ3v) is 5.34. The number of benzene rings is 2. The van der Waals surface area contributed by atoms with E-state index in [-0.39, 0.29) is 10.6 Å². The van der Waals surface area contributed by atoms with Crippen molar-refractivity contribution in [3.8, 4) is 11.5 Å². The van der Waals surface area contributed by atoms with Crippen molar-refractivity contribution in [3.05, 3.63) is 48.0 Å². The molecule has 0 fully saturated rings. The van der Waals surface area contributed by atoms with E-state index < -0.39 is 22.5 Å². The molecule has 0 saturated heterocycles. The molecule has 0 aromatic heterocycles. The summed E-state index contributed by atoms with van der Waals surface area (Å²) in [5.41, 5.74) is 0.833. The Morgan fingerprint density at radius 3 is 2.40 bits per heavy atom. The summed E-state index contributed by atoms with van der Waals surface area (Å²) >= 11 is 0. The first-order valence-electron chi connectivity index (χ1n) is 7.33. The molecular formula is C17H19NO6S. The molecule has 134 valence electrons. The normalized spacial score (nSPS) is 11.0. The SMILES string of the molecule is COc1cccc(N(CC(=O)O)S(=O)(=O)c2ccc(OC)c(C)c2)c1. The van der Waals surface area contributed by atoms with Gasteiger partial charge in [0.1, 0.15) is 18.0 Å². The lowest BCUT2D eigenvalue weighted by molar-refractivity contribution is -0.135. The predicted molar refractivity (Wildman–Crippen MR) is 92.9 cm³/mol. The molecule has 0 aliphatic heterocycles. The third kappa shape index (κ3) is 4.03. The third-order valence-electron chi connectivity index (χ3n) is 3.57. The van der Waals surface area contributed by atoms with Crippen LogP contribution in [-0.4, -0.2) is 40.3 Å². The Labute approximate surface area is 146 Å². The molecule has 0 heterocycles. The Hall–Kier alpha value is -2.74. The van der Waals surface area contributed by atoms with Crippen LogP contribution in [0.3, 0.4) is 0 Å². The zero-order chi connectivity index (χ0) is 18.6. The van der Waals surface area contributed by atoms with Gasteiger partial charge >= 0.3 is 5.97 Å². The Balaban J connectivity index is 2.55. The average Bonchev–Trinajstić information content (AvgIpc) is 2.59. The fourth-order valence-corrected chi connectivity index (χ4v) is 3.83. The number of hydrogen-bond acceptors (Lipinski definition) is 5. The minimum absolute atomic E-state index is 0.0186. The summed E-state index contributed by atoms with van der Waals surface area (Å²) in [5.74, 6) is -0.296. The summed E-state index contributed by atoms with van der Waals surface area (Å²) in [4.78, 5) is 11.2. The van der Waals surface area contributed by atoms with Gasteiger partial charge in [-0.25, -0.2) is 8.42 Å². The van der Waals surface area contributed by atoms with Crippen molar-refractivity contribution < 1.29 is 27.8 Å². The summed E-state index contributed by atoms with van der Waals surface area (Å²) in [7, 11) is -1.14. The first-order valence-corrected chi connectivity index (χ1v) is 8.77. The lowest BCUT2D eigenvalue weighted by atomic mass is 10.2. The number of methoxy groups -OCH3 is 2. The van der Waals surface area contributed by atoms with E-state index in [1.165, 1.54) is 44.6 Å². The van der Waals surface area contributed by atoms with E-state index in [1.54, 1.807) is 19.1 Å². The van der Waals surface area contributed by atoms with Gasteiger partial charge in [0, 0.05) is 6.07 Å². The highest BCUT2D eigenvalue weighted by Gasteiger charge is 2.28. The second kappa shape index (κ2) is 7.43. The van der Waals surface area contributed by atoms with Crippen LogP contribution >= 0.6 is 0 Å². The van der Waals surface area contributed by atoms with Crippen molar-refractivity contribution in [1.82, 2.24) is 0 Å². The number of carboxylic acid groups (broad SMARTS) is 1. The number of aryl methyl sites for hydroxylation is 1. The summed E-state index contributed by atoms with van der Waals surface area (Å²) in [6.45, 7) is 1.01. The monoisotopic (exact) mass is 365 g/mol. The van der Waals surface area contributed by atoms with Crippen molar-refractivity contribution in [2.24, 2.45) is 0 Å². The molecule has 0 atom stereocenters. The van der Waals surface area contributed by atoms with Crippen LogP contribution in [-0.2, 0) is 14.8 Å². The van der Waals surface area contributed by atoms with Crippen molar-refractivity contribution in [3.63, 3.8) is 0 Å². The van der Waals surface area contributed by atoms with E-state index in [4.69, 9.17) is 14.6 Å². The fraction of sp³-hybridized carbons (Fsp3) is 0.235. The molecule has 0 radical (unpaired) electrons. The number of anilines is 1. The van der Waals surface area contributed by atoms with Crippen LogP contribution in [0.2, 0.25) is 0 Å². The highest BCUT2D eigenvalue weighted by atomic mass is 32.2. The molecule has 0 bridgehead atoms. The maximum Gasteiger partial charge on any atom is 0.324 e. The molecule has 8 heteroatoms. The molecular weight excluding hydrogens is 346 g/mol. The van der Waals surface area contributed by atoms with Gasteiger partial charge in [-0.1, -0.05) is 6.07 Å². The van der Waals surface area contributed by atoms with Crippen LogP contribution in [0.15, 0.2) is 47.4 Å². The van der Waals surface area contributed by atoms with Gasteiger partial charge in [-0.3, -0.25) is 9.10 Å². The van der Waals surface area contributed by atoms with E-state index >= 15 is 0 Å². The van der Waals surface area contributed by atoms with E-state index in [1.807, 2.05) is 0 Å². The molecule has 2 aromatic carbocycles. The molecule has 0 aliphatic rings. The lowest BCUT2D eigenvalue weighted by Gasteiger charge is -2.23. The van der Waals surface area contributed by atoms with Crippen LogP contribution in [0.4, 0.5) is 5.69 Å². The average molecular weight is 365 g/mol. The lowest BCUT2D eigenvalue weighted by Crippen LogP contribution is -2.35. The van der Waals surface area contributed by atoms with Crippen LogP contribution < -0.4 is 13.8 Å². The van der Waals surface area contributed by atoms with E-state index in [0.717, 1.165) is 4.31 Å². The van der Waals surface area contributed by atoms with Crippen LogP contribution in [0, 0.1) is 6.92 Å². The van der Waals surface area contributed by atoms with Gasteiger partial charge < -0.3 is 14.6 Å². The largest absolute Gasteiger partial charge is 0.497 e. The van der Waals surface area contributed by atoms with Crippen LogP contribution in [0.5, 0.6) is 11.5 Å². The number of rotatable bonds is 7. The zero-order valence-corrected chi connectivity index (χ0v) is 14.9. The highest BCUT2D eigenvalue weighted by molar-refractivity contribution is 7.92. The van der Waals surface area contributed by atoms with Crippen molar-refractivity contribution in [2.45, 2.75) is 11.8 Å². The Morgan fingerprint density at radius 2 is 1.84 bits per heavy atom. The second-order valence-corrected chi connectivity index (χ2v) is 7.10. The summed E-state index contributed by atoms with van der Waals surface area (Å²) in [6.07, 6.45) is 0. The van der Waals surface area contributed by atoms with Gasteiger partial charge in [-0.2, -0.15) is 0 Å². The zero-order valence-electron chi connectivity index (χ0n) is 14.1. The second-order valence-electron chi connectivity index (χ2n) is 5.24. The molecule has 0 aliphatic carbocycles. The maximum absolute atomic E-state index is 13.0. The molecule has 0 spiro atoms. The number of carbonyl (C=O) groups is 1. The van der Waals surface area contributed by atoms with Crippen molar-refractivity contribution >= 4 is 21.7 Å². The summed E-state index contributed by atoms with van der Waals surface area (Å²) in [5, 5.41) is 9.16. The summed E-state index contributed by atoms with van der Waals surface area (Å²) < 4.78 is 37.1. The van der Waals surface area contributed by atoms with Crippen LogP contribution in [0.1, 0.15) is 5.56 Å². The minimum Gasteiger partial charge on any atom is -0.497 e. The highest BCUT2D eigenvalue weighted by Crippen LogP contribution is 2.29. The smallest absolute Gasteiger partial charge is 0.324 e. The molecule has 0 unspecified atom stereocenters. The Kier molecular flexibility index (Phi) is 5.53. The molecule has 2 aromatic rings. The fourth-order valence-electron chi connectivity index (χ4n) is 2.34. The molecule has 0 saturated carbocycles. The quantitative estimate of drug-likeness (QED) is 0.809. The van der Waals surface area contributed by atoms with E-state index in [2.05, 4.69) is 0 Å². The minimum atomic E-state index is -4.08. The number of hydrogen-bond donors (Lipinski definition) is 1. The van der Waals surface area contributed by atoms with Gasteiger partial charge in [0.25, 0.3) is 10.0 Å². The predicted octanol–water partition coefficient (Wildman–Crippen LogP) is 2.29. The van der Waals surface area contributed by atoms with E-state index in [9.17, 15) is 13.2 Å².